The SMILES string of the molecule is Cc1cc(NC(=O)c2c(Br)c(S(=O)(=O)NC(C)C(F)(F)F)cn2C)ccc1F. The van der Waals surface area contributed by atoms with Crippen LogP contribution in [0.15, 0.2) is 33.8 Å². The molecule has 0 aliphatic carbocycles. The number of rotatable bonds is 5. The molecular weight excluding hydrogens is 470 g/mol. The van der Waals surface area contributed by atoms with Crippen LogP contribution < -0.4 is 10.0 Å². The highest BCUT2D eigenvalue weighted by atomic mass is 79.9. The smallest absolute Gasteiger partial charge is 0.344 e. The molecule has 0 aliphatic rings. The van der Waals surface area contributed by atoms with Gasteiger partial charge < -0.3 is 9.88 Å². The van der Waals surface area contributed by atoms with Crippen molar-refractivity contribution >= 4 is 37.5 Å². The number of amides is 1. The molecule has 1 amide bonds. The summed E-state index contributed by atoms with van der Waals surface area (Å²) in [6, 6.07) is 1.54. The summed E-state index contributed by atoms with van der Waals surface area (Å²) < 4.78 is 78.5. The number of benzene rings is 1. The third-order valence-electron chi connectivity index (χ3n) is 3.83. The molecule has 0 saturated heterocycles. The minimum atomic E-state index is -4.77. The van der Waals surface area contributed by atoms with Crippen LogP contribution in [0, 0.1) is 12.7 Å². The number of carbonyl (C=O) groups is 1. The first-order valence-corrected chi connectivity index (χ1v) is 10.0. The van der Waals surface area contributed by atoms with E-state index in [0.29, 0.717) is 6.92 Å². The Balaban J connectivity index is 2.34. The molecule has 1 atom stereocenters. The highest BCUT2D eigenvalue weighted by molar-refractivity contribution is 9.10. The summed E-state index contributed by atoms with van der Waals surface area (Å²) in [6.07, 6.45) is -3.75. The van der Waals surface area contributed by atoms with Crippen molar-refractivity contribution in [3.05, 3.63) is 45.9 Å². The van der Waals surface area contributed by atoms with Crippen molar-refractivity contribution in [1.82, 2.24) is 9.29 Å². The molecule has 154 valence electrons. The van der Waals surface area contributed by atoms with Gasteiger partial charge in [-0.2, -0.15) is 17.9 Å². The van der Waals surface area contributed by atoms with E-state index in [4.69, 9.17) is 0 Å². The summed E-state index contributed by atoms with van der Waals surface area (Å²) >= 11 is 2.98. The molecular formula is C16H16BrF4N3O3S. The molecule has 1 heterocycles. The van der Waals surface area contributed by atoms with Crippen molar-refractivity contribution in [2.24, 2.45) is 7.05 Å². The Morgan fingerprint density at radius 2 is 1.89 bits per heavy atom. The number of carbonyl (C=O) groups excluding carboxylic acids is 1. The van der Waals surface area contributed by atoms with E-state index < -0.39 is 38.9 Å². The van der Waals surface area contributed by atoms with Gasteiger partial charge in [0.05, 0.1) is 4.47 Å². The number of nitrogens with zero attached hydrogens (tertiary/aromatic N) is 1. The maximum Gasteiger partial charge on any atom is 0.404 e. The Labute approximate surface area is 167 Å². The fourth-order valence-corrected chi connectivity index (χ4v) is 4.85. The second kappa shape index (κ2) is 7.84. The molecule has 12 heteroatoms. The van der Waals surface area contributed by atoms with Crippen LogP contribution in [0.4, 0.5) is 23.2 Å². The highest BCUT2D eigenvalue weighted by Crippen LogP contribution is 2.30. The van der Waals surface area contributed by atoms with Crippen LogP contribution in [0.25, 0.3) is 0 Å². The summed E-state index contributed by atoms with van der Waals surface area (Å²) in [4.78, 5) is 12.0. The Kier molecular flexibility index (Phi) is 6.26. The maximum absolute atomic E-state index is 13.3. The van der Waals surface area contributed by atoms with Gasteiger partial charge in [-0.25, -0.2) is 12.8 Å². The lowest BCUT2D eigenvalue weighted by atomic mass is 10.2. The molecule has 0 aliphatic heterocycles. The number of hydrogen-bond acceptors (Lipinski definition) is 3. The van der Waals surface area contributed by atoms with Crippen molar-refractivity contribution < 1.29 is 30.8 Å². The first-order valence-electron chi connectivity index (χ1n) is 7.75. The van der Waals surface area contributed by atoms with Crippen LogP contribution in [0.2, 0.25) is 0 Å². The standard InChI is InChI=1S/C16H16BrF4N3O3S/c1-8-6-10(4-5-11(8)18)22-15(25)14-13(17)12(7-24(14)3)28(26,27)23-9(2)16(19,20)21/h4-7,9,23H,1-3H3,(H,22,25). The molecule has 1 aromatic carbocycles. The number of halogens is 5. The predicted molar refractivity (Wildman–Crippen MR) is 98.0 cm³/mol. The van der Waals surface area contributed by atoms with Crippen molar-refractivity contribution in [3.63, 3.8) is 0 Å². The zero-order valence-corrected chi connectivity index (χ0v) is 17.3. The van der Waals surface area contributed by atoms with E-state index in [0.717, 1.165) is 16.8 Å². The van der Waals surface area contributed by atoms with Crippen LogP contribution in [0.5, 0.6) is 0 Å². The highest BCUT2D eigenvalue weighted by Gasteiger charge is 2.40. The van der Waals surface area contributed by atoms with Gasteiger partial charge in [0.25, 0.3) is 5.91 Å². The molecule has 0 spiro atoms. The van der Waals surface area contributed by atoms with Crippen LogP contribution in [0.3, 0.4) is 0 Å². The quantitative estimate of drug-likeness (QED) is 0.633. The van der Waals surface area contributed by atoms with Gasteiger partial charge in [-0.05, 0) is 53.5 Å². The number of aryl methyl sites for hydroxylation is 2. The van der Waals surface area contributed by atoms with Gasteiger partial charge in [-0.15, -0.1) is 0 Å². The van der Waals surface area contributed by atoms with E-state index in [1.807, 2.05) is 0 Å². The normalized spacial score (nSPS) is 13.4. The zero-order chi connectivity index (χ0) is 21.4. The number of aromatic nitrogens is 1. The van der Waals surface area contributed by atoms with Gasteiger partial charge in [0.2, 0.25) is 10.0 Å². The van der Waals surface area contributed by atoms with E-state index in [1.165, 1.54) is 30.8 Å². The molecule has 2 aromatic rings. The third-order valence-corrected chi connectivity index (χ3v) is 6.45. The van der Waals surface area contributed by atoms with Crippen molar-refractivity contribution in [3.8, 4) is 0 Å². The monoisotopic (exact) mass is 485 g/mol. The fourth-order valence-electron chi connectivity index (χ4n) is 2.29. The largest absolute Gasteiger partial charge is 0.404 e. The summed E-state index contributed by atoms with van der Waals surface area (Å²) in [5.41, 5.74) is 0.421. The number of sulfonamides is 1. The van der Waals surface area contributed by atoms with E-state index in [-0.39, 0.29) is 21.4 Å². The minimum Gasteiger partial charge on any atom is -0.344 e. The summed E-state index contributed by atoms with van der Waals surface area (Å²) in [5, 5.41) is 2.49. The number of nitrogens with one attached hydrogen (secondary N) is 2. The Bertz CT molecular complexity index is 1020. The summed E-state index contributed by atoms with van der Waals surface area (Å²) in [5.74, 6) is -1.19. The second-order valence-electron chi connectivity index (χ2n) is 6.07. The lowest BCUT2D eigenvalue weighted by Crippen LogP contribution is -2.42. The van der Waals surface area contributed by atoms with Gasteiger partial charge in [0, 0.05) is 18.9 Å². The molecule has 2 N–H and O–H groups in total. The van der Waals surface area contributed by atoms with E-state index in [9.17, 15) is 30.8 Å². The minimum absolute atomic E-state index is 0.137. The Morgan fingerprint density at radius 1 is 1.29 bits per heavy atom. The third kappa shape index (κ3) is 4.73. The first-order chi connectivity index (χ1) is 12.7. The molecule has 6 nitrogen and oxygen atoms in total. The average Bonchev–Trinajstić information content (AvgIpc) is 2.85. The predicted octanol–water partition coefficient (Wildman–Crippen LogP) is 3.72. The summed E-state index contributed by atoms with van der Waals surface area (Å²) in [6.45, 7) is 2.17. The molecule has 1 aromatic heterocycles. The van der Waals surface area contributed by atoms with E-state index in [2.05, 4.69) is 21.2 Å². The molecule has 0 saturated carbocycles. The average molecular weight is 486 g/mol. The molecule has 28 heavy (non-hydrogen) atoms. The molecule has 2 rings (SSSR count). The van der Waals surface area contributed by atoms with Gasteiger partial charge in [-0.3, -0.25) is 4.79 Å². The molecule has 1 unspecified atom stereocenters. The van der Waals surface area contributed by atoms with Gasteiger partial charge >= 0.3 is 6.18 Å². The number of anilines is 1. The van der Waals surface area contributed by atoms with Gasteiger partial charge in [0.1, 0.15) is 22.4 Å². The van der Waals surface area contributed by atoms with Crippen LogP contribution in [-0.4, -0.2) is 31.1 Å². The zero-order valence-electron chi connectivity index (χ0n) is 14.9. The summed E-state index contributed by atoms with van der Waals surface area (Å²) in [7, 11) is -3.20. The second-order valence-corrected chi connectivity index (χ2v) is 8.54. The van der Waals surface area contributed by atoms with Gasteiger partial charge in [-0.1, -0.05) is 0 Å². The van der Waals surface area contributed by atoms with Crippen molar-refractivity contribution in [2.45, 2.75) is 31.0 Å². The number of alkyl halides is 3. The van der Waals surface area contributed by atoms with Crippen molar-refractivity contribution in [2.75, 3.05) is 5.32 Å². The van der Waals surface area contributed by atoms with Gasteiger partial charge in [0.15, 0.2) is 0 Å². The van der Waals surface area contributed by atoms with Crippen LogP contribution in [-0.2, 0) is 17.1 Å². The molecule has 0 bridgehead atoms. The van der Waals surface area contributed by atoms with Crippen molar-refractivity contribution in [1.29, 1.82) is 0 Å². The molecule has 0 radical (unpaired) electrons. The number of hydrogen-bond donors (Lipinski definition) is 2. The lowest BCUT2D eigenvalue weighted by molar-refractivity contribution is -0.147. The lowest BCUT2D eigenvalue weighted by Gasteiger charge is -2.16. The van der Waals surface area contributed by atoms with Crippen LogP contribution in [0.1, 0.15) is 23.0 Å². The fraction of sp³-hybridized carbons (Fsp3) is 0.312. The van der Waals surface area contributed by atoms with E-state index in [1.54, 1.807) is 0 Å². The first kappa shape index (κ1) is 22.4. The van der Waals surface area contributed by atoms with E-state index >= 15 is 0 Å². The Morgan fingerprint density at radius 3 is 2.43 bits per heavy atom. The van der Waals surface area contributed by atoms with Crippen LogP contribution >= 0.6 is 15.9 Å². The topological polar surface area (TPSA) is 80.2 Å². The molecule has 0 fully saturated rings. The Hall–Kier alpha value is -1.92. The maximum atomic E-state index is 13.3.